The van der Waals surface area contributed by atoms with Crippen molar-refractivity contribution in [2.24, 2.45) is 5.92 Å². The van der Waals surface area contributed by atoms with Gasteiger partial charge in [-0.1, -0.05) is 6.07 Å². The molecular weight excluding hydrogens is 286 g/mol. The normalized spacial score (nSPS) is 20.1. The highest BCUT2D eigenvalue weighted by Crippen LogP contribution is 2.22. The molecule has 1 aromatic rings. The highest BCUT2D eigenvalue weighted by molar-refractivity contribution is 7.10. The van der Waals surface area contributed by atoms with Gasteiger partial charge in [0.2, 0.25) is 11.8 Å². The van der Waals surface area contributed by atoms with Gasteiger partial charge in [-0.15, -0.1) is 11.3 Å². The molecule has 0 unspecified atom stereocenters. The van der Waals surface area contributed by atoms with Crippen LogP contribution < -0.4 is 5.32 Å². The molecule has 2 atom stereocenters. The maximum atomic E-state index is 12.3. The fraction of sp³-hybridized carbons (Fsp3) is 0.600. The summed E-state index contributed by atoms with van der Waals surface area (Å²) in [4.78, 5) is 29.2. The van der Waals surface area contributed by atoms with E-state index in [-0.39, 0.29) is 23.8 Å². The van der Waals surface area contributed by atoms with Crippen LogP contribution in [0.15, 0.2) is 17.5 Å². The summed E-state index contributed by atoms with van der Waals surface area (Å²) in [7, 11) is 3.96. The molecule has 1 fully saturated rings. The van der Waals surface area contributed by atoms with Crippen LogP contribution in [0.1, 0.15) is 24.3 Å². The number of carbonyl (C=O) groups is 2. The van der Waals surface area contributed by atoms with Gasteiger partial charge in [-0.05, 0) is 32.5 Å². The van der Waals surface area contributed by atoms with Crippen molar-refractivity contribution in [3.05, 3.63) is 22.4 Å². The maximum absolute atomic E-state index is 12.3. The average molecular weight is 309 g/mol. The van der Waals surface area contributed by atoms with Crippen molar-refractivity contribution >= 4 is 23.2 Å². The SMILES string of the molecule is C[C@H](NC(=O)[C@@H]1CC(=O)N(CCN(C)C)C1)c1cccs1. The van der Waals surface area contributed by atoms with Gasteiger partial charge in [0.25, 0.3) is 0 Å². The van der Waals surface area contributed by atoms with Crippen LogP contribution in [0.25, 0.3) is 0 Å². The zero-order valence-corrected chi connectivity index (χ0v) is 13.7. The second-order valence-corrected chi connectivity index (χ2v) is 6.77. The van der Waals surface area contributed by atoms with Gasteiger partial charge in [0.1, 0.15) is 0 Å². The van der Waals surface area contributed by atoms with Gasteiger partial charge in [0.05, 0.1) is 12.0 Å². The summed E-state index contributed by atoms with van der Waals surface area (Å²) in [6.07, 6.45) is 0.330. The molecule has 2 heterocycles. The van der Waals surface area contributed by atoms with E-state index < -0.39 is 0 Å². The van der Waals surface area contributed by atoms with E-state index in [1.165, 1.54) is 0 Å². The minimum Gasteiger partial charge on any atom is -0.348 e. The standard InChI is InChI=1S/C15H23N3O2S/c1-11(13-5-4-8-21-13)16-15(20)12-9-14(19)18(10-12)7-6-17(2)3/h4-5,8,11-12H,6-7,9-10H2,1-3H3,(H,16,20)/t11-,12+/m0/s1. The Kier molecular flexibility index (Phi) is 5.36. The largest absolute Gasteiger partial charge is 0.348 e. The first-order valence-electron chi connectivity index (χ1n) is 7.23. The number of rotatable bonds is 6. The Bertz CT molecular complexity index is 487. The van der Waals surface area contributed by atoms with E-state index in [2.05, 4.69) is 5.32 Å². The summed E-state index contributed by atoms with van der Waals surface area (Å²) in [6.45, 7) is 4.03. The van der Waals surface area contributed by atoms with Crippen LogP contribution in [-0.2, 0) is 9.59 Å². The van der Waals surface area contributed by atoms with Crippen molar-refractivity contribution in [2.45, 2.75) is 19.4 Å². The van der Waals surface area contributed by atoms with Crippen LogP contribution in [0.3, 0.4) is 0 Å². The summed E-state index contributed by atoms with van der Waals surface area (Å²) in [6, 6.07) is 3.99. The molecule has 21 heavy (non-hydrogen) atoms. The van der Waals surface area contributed by atoms with Gasteiger partial charge in [0, 0.05) is 30.9 Å². The van der Waals surface area contributed by atoms with Crippen molar-refractivity contribution in [3.8, 4) is 0 Å². The Morgan fingerprint density at radius 1 is 1.57 bits per heavy atom. The number of nitrogens with zero attached hydrogens (tertiary/aromatic N) is 2. The monoisotopic (exact) mass is 309 g/mol. The number of hydrogen-bond donors (Lipinski definition) is 1. The molecule has 2 amide bonds. The molecule has 5 nitrogen and oxygen atoms in total. The maximum Gasteiger partial charge on any atom is 0.225 e. The molecule has 0 bridgehead atoms. The summed E-state index contributed by atoms with van der Waals surface area (Å²) in [5, 5.41) is 5.01. The minimum atomic E-state index is -0.220. The summed E-state index contributed by atoms with van der Waals surface area (Å²) >= 11 is 1.63. The lowest BCUT2D eigenvalue weighted by Gasteiger charge is -2.19. The Morgan fingerprint density at radius 2 is 2.33 bits per heavy atom. The number of likely N-dealkylation sites (tertiary alicyclic amines) is 1. The minimum absolute atomic E-state index is 0.00317. The highest BCUT2D eigenvalue weighted by Gasteiger charge is 2.34. The molecule has 1 aliphatic rings. The molecule has 1 saturated heterocycles. The fourth-order valence-electron chi connectivity index (χ4n) is 2.42. The smallest absolute Gasteiger partial charge is 0.225 e. The summed E-state index contributed by atoms with van der Waals surface area (Å²) < 4.78 is 0. The van der Waals surface area contributed by atoms with Crippen molar-refractivity contribution in [2.75, 3.05) is 33.7 Å². The molecule has 1 N–H and O–H groups in total. The van der Waals surface area contributed by atoms with Gasteiger partial charge < -0.3 is 15.1 Å². The fourth-order valence-corrected chi connectivity index (χ4v) is 3.16. The topological polar surface area (TPSA) is 52.7 Å². The molecule has 116 valence electrons. The van der Waals surface area contributed by atoms with Crippen LogP contribution in [-0.4, -0.2) is 55.3 Å². The second kappa shape index (κ2) is 7.04. The molecule has 0 aromatic carbocycles. The number of carbonyl (C=O) groups excluding carboxylic acids is 2. The molecule has 0 aliphatic carbocycles. The Hall–Kier alpha value is -1.40. The second-order valence-electron chi connectivity index (χ2n) is 5.79. The van der Waals surface area contributed by atoms with E-state index in [0.717, 1.165) is 11.4 Å². The number of amides is 2. The van der Waals surface area contributed by atoms with Crippen LogP contribution >= 0.6 is 11.3 Å². The van der Waals surface area contributed by atoms with E-state index in [1.54, 1.807) is 16.2 Å². The third-order valence-corrected chi connectivity index (χ3v) is 4.79. The van der Waals surface area contributed by atoms with Gasteiger partial charge in [-0.25, -0.2) is 0 Å². The number of thiophene rings is 1. The number of nitrogens with one attached hydrogen (secondary N) is 1. The molecule has 1 aliphatic heterocycles. The Balaban J connectivity index is 1.85. The molecule has 0 saturated carbocycles. The van der Waals surface area contributed by atoms with Crippen LogP contribution in [0.4, 0.5) is 0 Å². The van der Waals surface area contributed by atoms with Crippen LogP contribution in [0.5, 0.6) is 0 Å². The first-order valence-corrected chi connectivity index (χ1v) is 8.11. The van der Waals surface area contributed by atoms with E-state index in [1.807, 2.05) is 43.4 Å². The number of likely N-dealkylation sites (N-methyl/N-ethyl adjacent to an activating group) is 1. The summed E-state index contributed by atoms with van der Waals surface area (Å²) in [5.41, 5.74) is 0. The van der Waals surface area contributed by atoms with E-state index in [4.69, 9.17) is 0 Å². The van der Waals surface area contributed by atoms with E-state index in [0.29, 0.717) is 19.5 Å². The predicted octanol–water partition coefficient (Wildman–Crippen LogP) is 1.34. The van der Waals surface area contributed by atoms with Gasteiger partial charge in [-0.3, -0.25) is 9.59 Å². The lowest BCUT2D eigenvalue weighted by atomic mass is 10.1. The molecule has 1 aromatic heterocycles. The Labute approximate surface area is 129 Å². The molecule has 6 heteroatoms. The highest BCUT2D eigenvalue weighted by atomic mass is 32.1. The van der Waals surface area contributed by atoms with E-state index >= 15 is 0 Å². The zero-order valence-electron chi connectivity index (χ0n) is 12.8. The van der Waals surface area contributed by atoms with Gasteiger partial charge >= 0.3 is 0 Å². The molecule has 0 radical (unpaired) electrons. The van der Waals surface area contributed by atoms with Crippen molar-refractivity contribution < 1.29 is 9.59 Å². The van der Waals surface area contributed by atoms with Crippen LogP contribution in [0.2, 0.25) is 0 Å². The molecule has 0 spiro atoms. The lowest BCUT2D eigenvalue weighted by molar-refractivity contribution is -0.129. The quantitative estimate of drug-likeness (QED) is 0.863. The van der Waals surface area contributed by atoms with Crippen molar-refractivity contribution in [1.29, 1.82) is 0 Å². The van der Waals surface area contributed by atoms with Gasteiger partial charge in [-0.2, -0.15) is 0 Å². The molecular formula is C15H23N3O2S. The van der Waals surface area contributed by atoms with Crippen LogP contribution in [0, 0.1) is 5.92 Å². The first kappa shape index (κ1) is 16.0. The lowest BCUT2D eigenvalue weighted by Crippen LogP contribution is -2.36. The third kappa shape index (κ3) is 4.28. The first-order chi connectivity index (χ1) is 9.97. The number of hydrogen-bond acceptors (Lipinski definition) is 4. The van der Waals surface area contributed by atoms with Crippen molar-refractivity contribution in [1.82, 2.24) is 15.1 Å². The predicted molar refractivity (Wildman–Crippen MR) is 84.1 cm³/mol. The van der Waals surface area contributed by atoms with E-state index in [9.17, 15) is 9.59 Å². The third-order valence-electron chi connectivity index (χ3n) is 3.73. The summed E-state index contributed by atoms with van der Waals surface area (Å²) in [5.74, 6) is -0.153. The van der Waals surface area contributed by atoms with Crippen molar-refractivity contribution in [3.63, 3.8) is 0 Å². The average Bonchev–Trinajstić information content (AvgIpc) is 3.05. The Morgan fingerprint density at radius 3 is 2.95 bits per heavy atom. The zero-order chi connectivity index (χ0) is 15.4. The van der Waals surface area contributed by atoms with Gasteiger partial charge in [0.15, 0.2) is 0 Å². The molecule has 2 rings (SSSR count).